The smallest absolute Gasteiger partial charge is 0.307 e. The number of sulfonamides is 1. The minimum Gasteiger partial charge on any atom is -0.481 e. The first-order valence-corrected chi connectivity index (χ1v) is 8.01. The van der Waals surface area contributed by atoms with E-state index in [0.717, 1.165) is 0 Å². The van der Waals surface area contributed by atoms with Crippen LogP contribution in [0, 0.1) is 18.8 Å². The maximum Gasteiger partial charge on any atom is 0.307 e. The number of piperidine rings is 1. The van der Waals surface area contributed by atoms with Crippen molar-refractivity contribution in [3.8, 4) is 0 Å². The molecule has 7 nitrogen and oxygen atoms in total. The van der Waals surface area contributed by atoms with Gasteiger partial charge in [0, 0.05) is 19.2 Å². The molecule has 0 radical (unpaired) electrons. The molecule has 0 bridgehead atoms. The Labute approximate surface area is 117 Å². The predicted octanol–water partition coefficient (Wildman–Crippen LogP) is 0.855. The van der Waals surface area contributed by atoms with Crippen LogP contribution in [0.4, 0.5) is 0 Å². The van der Waals surface area contributed by atoms with Crippen molar-refractivity contribution in [2.45, 2.75) is 26.0 Å². The first-order chi connectivity index (χ1) is 9.28. The Hall–Kier alpha value is -1.41. The normalized spacial score (nSPS) is 24.7. The third-order valence-corrected chi connectivity index (χ3v) is 5.12. The first-order valence-electron chi connectivity index (χ1n) is 6.40. The summed E-state index contributed by atoms with van der Waals surface area (Å²) in [6.07, 6.45) is 0.504. The fourth-order valence-electron chi connectivity index (χ4n) is 2.47. The van der Waals surface area contributed by atoms with Crippen molar-refractivity contribution in [1.82, 2.24) is 9.46 Å². The number of hydrogen-bond acceptors (Lipinski definition) is 5. The molecule has 20 heavy (non-hydrogen) atoms. The van der Waals surface area contributed by atoms with E-state index in [4.69, 9.17) is 9.63 Å². The minimum absolute atomic E-state index is 0.0265. The highest BCUT2D eigenvalue weighted by molar-refractivity contribution is 7.88. The van der Waals surface area contributed by atoms with Crippen molar-refractivity contribution in [3.05, 3.63) is 17.5 Å². The molecule has 1 fully saturated rings. The molecule has 1 N–H and O–H groups in total. The zero-order valence-corrected chi connectivity index (χ0v) is 12.3. The lowest BCUT2D eigenvalue weighted by Crippen LogP contribution is -2.45. The first kappa shape index (κ1) is 15.0. The summed E-state index contributed by atoms with van der Waals surface area (Å²) < 4.78 is 30.8. The Kier molecular flexibility index (Phi) is 4.14. The minimum atomic E-state index is -3.57. The van der Waals surface area contributed by atoms with Crippen LogP contribution < -0.4 is 0 Å². The van der Waals surface area contributed by atoms with E-state index in [1.54, 1.807) is 13.0 Å². The Morgan fingerprint density at radius 2 is 2.25 bits per heavy atom. The van der Waals surface area contributed by atoms with Crippen molar-refractivity contribution in [1.29, 1.82) is 0 Å². The molecule has 0 aliphatic carbocycles. The topological polar surface area (TPSA) is 101 Å². The van der Waals surface area contributed by atoms with Crippen LogP contribution in [0.3, 0.4) is 0 Å². The molecule has 0 aromatic carbocycles. The van der Waals surface area contributed by atoms with E-state index in [-0.39, 0.29) is 18.2 Å². The number of aryl methyl sites for hydroxylation is 1. The summed E-state index contributed by atoms with van der Waals surface area (Å²) in [5.74, 6) is -1.28. The molecule has 0 saturated carbocycles. The summed E-state index contributed by atoms with van der Waals surface area (Å²) in [6, 6.07) is 1.57. The van der Waals surface area contributed by atoms with Gasteiger partial charge in [0.1, 0.15) is 17.2 Å². The molecule has 1 aliphatic heterocycles. The van der Waals surface area contributed by atoms with Crippen molar-refractivity contribution >= 4 is 16.0 Å². The Morgan fingerprint density at radius 1 is 1.55 bits per heavy atom. The number of hydrogen-bond donors (Lipinski definition) is 1. The summed E-state index contributed by atoms with van der Waals surface area (Å²) >= 11 is 0. The molecular weight excluding hydrogens is 284 g/mol. The molecular formula is C12H18N2O5S. The van der Waals surface area contributed by atoms with Gasteiger partial charge in [-0.05, 0) is 19.3 Å². The third-order valence-electron chi connectivity index (χ3n) is 3.38. The van der Waals surface area contributed by atoms with Crippen LogP contribution in [0.15, 0.2) is 10.6 Å². The molecule has 0 amide bonds. The highest BCUT2D eigenvalue weighted by Gasteiger charge is 2.35. The lowest BCUT2D eigenvalue weighted by Gasteiger charge is -2.33. The number of carbonyl (C=O) groups is 1. The van der Waals surface area contributed by atoms with Crippen LogP contribution >= 0.6 is 0 Å². The van der Waals surface area contributed by atoms with E-state index in [0.29, 0.717) is 24.4 Å². The standard InChI is InChI=1S/C12H18N2O5S/c1-8-3-10(12(15)16)6-14(5-8)20(17,18)7-11-4-9(2)19-13-11/h4,8,10H,3,5-7H2,1-2H3,(H,15,16). The molecule has 1 aliphatic rings. The average Bonchev–Trinajstić information content (AvgIpc) is 2.73. The van der Waals surface area contributed by atoms with Gasteiger partial charge in [0.15, 0.2) is 0 Å². The molecule has 2 unspecified atom stereocenters. The molecule has 2 rings (SSSR count). The van der Waals surface area contributed by atoms with Gasteiger partial charge >= 0.3 is 5.97 Å². The van der Waals surface area contributed by atoms with Crippen molar-refractivity contribution in [2.24, 2.45) is 11.8 Å². The van der Waals surface area contributed by atoms with Crippen LogP contribution in [-0.2, 0) is 20.6 Å². The zero-order valence-electron chi connectivity index (χ0n) is 11.4. The van der Waals surface area contributed by atoms with Crippen molar-refractivity contribution in [2.75, 3.05) is 13.1 Å². The predicted molar refractivity (Wildman–Crippen MR) is 70.3 cm³/mol. The van der Waals surface area contributed by atoms with Gasteiger partial charge in [-0.15, -0.1) is 0 Å². The molecule has 112 valence electrons. The van der Waals surface area contributed by atoms with E-state index in [2.05, 4.69) is 5.16 Å². The monoisotopic (exact) mass is 302 g/mol. The molecule has 2 heterocycles. The van der Waals surface area contributed by atoms with E-state index in [1.807, 2.05) is 6.92 Å². The van der Waals surface area contributed by atoms with Gasteiger partial charge in [0.25, 0.3) is 0 Å². The third kappa shape index (κ3) is 3.37. The lowest BCUT2D eigenvalue weighted by atomic mass is 9.92. The van der Waals surface area contributed by atoms with Gasteiger partial charge < -0.3 is 9.63 Å². The Balaban J connectivity index is 2.13. The van der Waals surface area contributed by atoms with E-state index >= 15 is 0 Å². The maximum atomic E-state index is 12.3. The number of carboxylic acid groups (broad SMARTS) is 1. The van der Waals surface area contributed by atoms with Crippen LogP contribution in [0.1, 0.15) is 24.8 Å². The molecule has 0 spiro atoms. The van der Waals surface area contributed by atoms with Crippen LogP contribution in [0.2, 0.25) is 0 Å². The number of carboxylic acids is 1. The zero-order chi connectivity index (χ0) is 14.9. The van der Waals surface area contributed by atoms with Crippen molar-refractivity contribution in [3.63, 3.8) is 0 Å². The largest absolute Gasteiger partial charge is 0.481 e. The quantitative estimate of drug-likeness (QED) is 0.885. The Morgan fingerprint density at radius 3 is 2.80 bits per heavy atom. The summed E-state index contributed by atoms with van der Waals surface area (Å²) in [5, 5.41) is 12.8. The number of rotatable bonds is 4. The second kappa shape index (κ2) is 5.53. The average molecular weight is 302 g/mol. The van der Waals surface area contributed by atoms with E-state index in [1.165, 1.54) is 4.31 Å². The molecule has 1 aromatic rings. The van der Waals surface area contributed by atoms with Crippen LogP contribution in [-0.4, -0.2) is 42.0 Å². The van der Waals surface area contributed by atoms with Gasteiger partial charge in [0.2, 0.25) is 10.0 Å². The van der Waals surface area contributed by atoms with E-state index in [9.17, 15) is 13.2 Å². The van der Waals surface area contributed by atoms with E-state index < -0.39 is 21.9 Å². The van der Waals surface area contributed by atoms with Gasteiger partial charge in [-0.1, -0.05) is 12.1 Å². The molecule has 8 heteroatoms. The van der Waals surface area contributed by atoms with Gasteiger partial charge in [0.05, 0.1) is 5.92 Å². The maximum absolute atomic E-state index is 12.3. The SMILES string of the molecule is Cc1cc(CS(=O)(=O)N2CC(C)CC(C(=O)O)C2)no1. The van der Waals surface area contributed by atoms with Crippen LogP contribution in [0.25, 0.3) is 0 Å². The lowest BCUT2D eigenvalue weighted by molar-refractivity contribution is -0.143. The fraction of sp³-hybridized carbons (Fsp3) is 0.667. The van der Waals surface area contributed by atoms with Gasteiger partial charge in [-0.2, -0.15) is 0 Å². The number of nitrogens with zero attached hydrogens (tertiary/aromatic N) is 2. The van der Waals surface area contributed by atoms with Crippen molar-refractivity contribution < 1.29 is 22.8 Å². The highest BCUT2D eigenvalue weighted by Crippen LogP contribution is 2.25. The summed E-state index contributed by atoms with van der Waals surface area (Å²) in [4.78, 5) is 11.1. The fourth-order valence-corrected chi connectivity index (χ4v) is 4.05. The summed E-state index contributed by atoms with van der Waals surface area (Å²) in [7, 11) is -3.57. The highest BCUT2D eigenvalue weighted by atomic mass is 32.2. The number of aromatic nitrogens is 1. The second-order valence-corrected chi connectivity index (χ2v) is 7.35. The van der Waals surface area contributed by atoms with Crippen LogP contribution in [0.5, 0.6) is 0 Å². The summed E-state index contributed by atoms with van der Waals surface area (Å²) in [6.45, 7) is 3.92. The second-order valence-electron chi connectivity index (χ2n) is 5.38. The molecule has 1 saturated heterocycles. The Bertz CT molecular complexity index is 595. The molecule has 1 aromatic heterocycles. The summed E-state index contributed by atoms with van der Waals surface area (Å²) in [5.41, 5.74) is 0.340. The van der Waals surface area contributed by atoms with Gasteiger partial charge in [-0.25, -0.2) is 12.7 Å². The number of aliphatic carboxylic acids is 1. The van der Waals surface area contributed by atoms with Gasteiger partial charge in [-0.3, -0.25) is 4.79 Å². The molecule has 2 atom stereocenters.